The molecule has 1 aromatic heterocycles. The monoisotopic (exact) mass is 338 g/mol. The Morgan fingerprint density at radius 2 is 2.00 bits per heavy atom. The fourth-order valence-corrected chi connectivity index (χ4v) is 1.94. The number of amidine groups is 1. The second kappa shape index (κ2) is 7.63. The van der Waals surface area contributed by atoms with Crippen LogP contribution in [0.4, 0.5) is 0 Å². The molecule has 0 atom stereocenters. The van der Waals surface area contributed by atoms with E-state index < -0.39 is 5.91 Å². The van der Waals surface area contributed by atoms with Gasteiger partial charge in [-0.05, 0) is 30.3 Å². The summed E-state index contributed by atoms with van der Waals surface area (Å²) in [5, 5.41) is 4.58. The van der Waals surface area contributed by atoms with Gasteiger partial charge in [0, 0.05) is 23.0 Å². The molecule has 1 amide bonds. The predicted octanol–water partition coefficient (Wildman–Crippen LogP) is 2.20. The molecule has 0 aliphatic heterocycles. The lowest BCUT2D eigenvalue weighted by atomic mass is 10.2. The molecule has 0 radical (unpaired) electrons. The van der Waals surface area contributed by atoms with Crippen LogP contribution in [0.5, 0.6) is 5.75 Å². The van der Waals surface area contributed by atoms with E-state index in [9.17, 15) is 4.79 Å². The van der Waals surface area contributed by atoms with E-state index in [1.807, 2.05) is 0 Å². The van der Waals surface area contributed by atoms with E-state index in [1.54, 1.807) is 36.7 Å². The van der Waals surface area contributed by atoms with Crippen molar-refractivity contribution in [3.8, 4) is 5.75 Å². The Balaban J connectivity index is 1.88. The van der Waals surface area contributed by atoms with Crippen molar-refractivity contribution in [2.24, 2.45) is 10.8 Å². The summed E-state index contributed by atoms with van der Waals surface area (Å²) < 4.78 is 5.27. The molecule has 114 valence electrons. The molecule has 6 nitrogen and oxygen atoms in total. The van der Waals surface area contributed by atoms with Crippen LogP contribution in [0.3, 0.4) is 0 Å². The molecule has 0 saturated carbocycles. The predicted molar refractivity (Wildman–Crippen MR) is 85.1 cm³/mol. The first-order valence-electron chi connectivity index (χ1n) is 6.16. The van der Waals surface area contributed by atoms with Gasteiger partial charge in [0.25, 0.3) is 5.91 Å². The largest absolute Gasteiger partial charge is 0.482 e. The summed E-state index contributed by atoms with van der Waals surface area (Å²) in [5.41, 5.74) is 8.66. The summed E-state index contributed by atoms with van der Waals surface area (Å²) >= 11 is 11.7. The van der Waals surface area contributed by atoms with Gasteiger partial charge in [-0.15, -0.1) is 0 Å². The van der Waals surface area contributed by atoms with Gasteiger partial charge in [-0.25, -0.2) is 5.43 Å². The van der Waals surface area contributed by atoms with Crippen molar-refractivity contribution in [3.05, 3.63) is 58.3 Å². The topological polar surface area (TPSA) is 89.6 Å². The molecule has 0 aliphatic rings. The van der Waals surface area contributed by atoms with Crippen LogP contribution in [0.25, 0.3) is 0 Å². The van der Waals surface area contributed by atoms with Crippen molar-refractivity contribution in [2.75, 3.05) is 6.61 Å². The number of halogens is 2. The van der Waals surface area contributed by atoms with E-state index in [4.69, 9.17) is 33.7 Å². The van der Waals surface area contributed by atoms with E-state index in [-0.39, 0.29) is 12.4 Å². The molecule has 0 fully saturated rings. The lowest BCUT2D eigenvalue weighted by Crippen LogP contribution is -2.28. The molecule has 3 N–H and O–H groups in total. The van der Waals surface area contributed by atoms with Crippen LogP contribution in [-0.4, -0.2) is 23.3 Å². The number of nitrogens with one attached hydrogen (secondary N) is 1. The van der Waals surface area contributed by atoms with E-state index >= 15 is 0 Å². The molecular weight excluding hydrogens is 327 g/mol. The number of pyridine rings is 1. The van der Waals surface area contributed by atoms with Gasteiger partial charge in [0.1, 0.15) is 5.75 Å². The highest BCUT2D eigenvalue weighted by atomic mass is 35.5. The number of amides is 1. The van der Waals surface area contributed by atoms with Crippen LogP contribution >= 0.6 is 23.2 Å². The Morgan fingerprint density at radius 1 is 1.27 bits per heavy atom. The quantitative estimate of drug-likeness (QED) is 0.496. The van der Waals surface area contributed by atoms with Crippen molar-refractivity contribution in [1.29, 1.82) is 0 Å². The third-order valence-corrected chi connectivity index (χ3v) is 3.06. The number of rotatable bonds is 5. The van der Waals surface area contributed by atoms with Crippen LogP contribution in [-0.2, 0) is 4.79 Å². The van der Waals surface area contributed by atoms with Gasteiger partial charge in [-0.1, -0.05) is 23.2 Å². The smallest absolute Gasteiger partial charge is 0.278 e. The van der Waals surface area contributed by atoms with Gasteiger partial charge in [-0.3, -0.25) is 9.78 Å². The van der Waals surface area contributed by atoms with E-state index in [0.717, 1.165) is 0 Å². The molecule has 8 heteroatoms. The number of hydrogen-bond donors (Lipinski definition) is 2. The number of benzene rings is 1. The Hall–Kier alpha value is -2.31. The van der Waals surface area contributed by atoms with Gasteiger partial charge >= 0.3 is 0 Å². The summed E-state index contributed by atoms with van der Waals surface area (Å²) in [6.45, 7) is -0.255. The number of carbonyl (C=O) groups is 1. The van der Waals surface area contributed by atoms with Crippen molar-refractivity contribution in [2.45, 2.75) is 0 Å². The third-order valence-electron chi connectivity index (χ3n) is 2.53. The summed E-state index contributed by atoms with van der Waals surface area (Å²) in [5.74, 6) is 0.0515. The lowest BCUT2D eigenvalue weighted by Gasteiger charge is -2.07. The molecule has 0 bridgehead atoms. The fraction of sp³-hybridized carbons (Fsp3) is 0.0714. The van der Waals surface area contributed by atoms with Crippen molar-refractivity contribution >= 4 is 34.9 Å². The second-order valence-corrected chi connectivity index (χ2v) is 4.97. The van der Waals surface area contributed by atoms with E-state index in [1.165, 1.54) is 6.07 Å². The first kappa shape index (κ1) is 16.1. The van der Waals surface area contributed by atoms with Gasteiger partial charge in [0.05, 0.1) is 5.02 Å². The van der Waals surface area contributed by atoms with Crippen LogP contribution in [0.1, 0.15) is 5.56 Å². The zero-order chi connectivity index (χ0) is 15.9. The zero-order valence-electron chi connectivity index (χ0n) is 11.3. The Labute approximate surface area is 136 Å². The molecule has 0 saturated heterocycles. The summed E-state index contributed by atoms with van der Waals surface area (Å²) in [4.78, 5) is 15.5. The Kier molecular flexibility index (Phi) is 5.57. The maximum atomic E-state index is 11.7. The molecule has 2 rings (SSSR count). The van der Waals surface area contributed by atoms with Crippen LogP contribution in [0.2, 0.25) is 10.0 Å². The lowest BCUT2D eigenvalue weighted by molar-refractivity contribution is -0.123. The molecule has 2 aromatic rings. The fourth-order valence-electron chi connectivity index (χ4n) is 1.48. The van der Waals surface area contributed by atoms with Gasteiger partial charge in [0.2, 0.25) is 0 Å². The van der Waals surface area contributed by atoms with Crippen molar-refractivity contribution in [1.82, 2.24) is 10.4 Å². The molecule has 22 heavy (non-hydrogen) atoms. The maximum absolute atomic E-state index is 11.7. The highest BCUT2D eigenvalue weighted by molar-refractivity contribution is 6.35. The SMILES string of the molecule is N/C(=N\NC(=O)COc1ccc(Cl)cc1Cl)c1ccncc1. The standard InChI is InChI=1S/C14H12Cl2N4O2/c15-10-1-2-12(11(16)7-10)22-8-13(21)19-20-14(17)9-3-5-18-6-4-9/h1-7H,8H2,(H2,17,20)(H,19,21). The minimum atomic E-state index is -0.469. The second-order valence-electron chi connectivity index (χ2n) is 4.13. The number of hydrogen-bond acceptors (Lipinski definition) is 4. The van der Waals surface area contributed by atoms with Crippen molar-refractivity contribution in [3.63, 3.8) is 0 Å². The minimum Gasteiger partial charge on any atom is -0.482 e. The number of hydrazone groups is 1. The Bertz CT molecular complexity index is 692. The number of nitrogens with two attached hydrogens (primary N) is 1. The minimum absolute atomic E-state index is 0.167. The highest BCUT2D eigenvalue weighted by Crippen LogP contribution is 2.27. The van der Waals surface area contributed by atoms with Crippen molar-refractivity contribution < 1.29 is 9.53 Å². The maximum Gasteiger partial charge on any atom is 0.278 e. The number of carbonyl (C=O) groups excluding carboxylic acids is 1. The number of nitrogens with zero attached hydrogens (tertiary/aromatic N) is 2. The van der Waals surface area contributed by atoms with Gasteiger partial charge < -0.3 is 10.5 Å². The molecule has 0 spiro atoms. The molecule has 0 unspecified atom stereocenters. The highest BCUT2D eigenvalue weighted by Gasteiger charge is 2.06. The zero-order valence-corrected chi connectivity index (χ0v) is 12.8. The molecule has 1 aromatic carbocycles. The first-order chi connectivity index (χ1) is 10.6. The van der Waals surface area contributed by atoms with E-state index in [2.05, 4.69) is 15.5 Å². The normalized spacial score (nSPS) is 11.1. The average molecular weight is 339 g/mol. The van der Waals surface area contributed by atoms with Crippen LogP contribution in [0, 0.1) is 0 Å². The van der Waals surface area contributed by atoms with Gasteiger partial charge in [-0.2, -0.15) is 5.10 Å². The molecule has 0 aliphatic carbocycles. The van der Waals surface area contributed by atoms with E-state index in [0.29, 0.717) is 21.4 Å². The molecular formula is C14H12Cl2N4O2. The van der Waals surface area contributed by atoms with Crippen LogP contribution in [0.15, 0.2) is 47.8 Å². The number of aromatic nitrogens is 1. The van der Waals surface area contributed by atoms with Gasteiger partial charge in [0.15, 0.2) is 12.4 Å². The average Bonchev–Trinajstić information content (AvgIpc) is 2.52. The summed E-state index contributed by atoms with van der Waals surface area (Å²) in [6, 6.07) is 8.06. The first-order valence-corrected chi connectivity index (χ1v) is 6.92. The summed E-state index contributed by atoms with van der Waals surface area (Å²) in [7, 11) is 0. The molecule has 1 heterocycles. The Morgan fingerprint density at radius 3 is 2.68 bits per heavy atom. The van der Waals surface area contributed by atoms with Crippen LogP contribution < -0.4 is 15.9 Å². The summed E-state index contributed by atoms with van der Waals surface area (Å²) in [6.07, 6.45) is 3.15. The number of ether oxygens (including phenoxy) is 1. The third kappa shape index (κ3) is 4.61.